The van der Waals surface area contributed by atoms with E-state index in [-0.39, 0.29) is 17.8 Å². The topological polar surface area (TPSA) is 29.5 Å². The Kier molecular flexibility index (Phi) is 6.87. The Morgan fingerprint density at radius 3 is 2.35 bits per heavy atom. The van der Waals surface area contributed by atoms with Crippen molar-refractivity contribution < 1.29 is 18.3 Å². The van der Waals surface area contributed by atoms with Gasteiger partial charge in [-0.25, -0.2) is 8.78 Å². The minimum absolute atomic E-state index is 0.00586. The largest absolute Gasteiger partial charge is 0.487 e. The molecule has 0 bridgehead atoms. The molecular formula is C25H23F2NO2S. The van der Waals surface area contributed by atoms with Crippen LogP contribution in [0.2, 0.25) is 0 Å². The quantitative estimate of drug-likeness (QED) is 0.445. The molecule has 0 aliphatic carbocycles. The van der Waals surface area contributed by atoms with E-state index in [0.717, 1.165) is 11.8 Å². The molecule has 0 spiro atoms. The van der Waals surface area contributed by atoms with Gasteiger partial charge in [-0.15, -0.1) is 11.8 Å². The molecule has 0 unspecified atom stereocenters. The van der Waals surface area contributed by atoms with Gasteiger partial charge < -0.3 is 9.64 Å². The van der Waals surface area contributed by atoms with Crippen LogP contribution in [0.5, 0.6) is 5.75 Å². The predicted octanol–water partition coefficient (Wildman–Crippen LogP) is 5.94. The maximum Gasteiger partial charge on any atom is 0.253 e. The fourth-order valence-electron chi connectivity index (χ4n) is 3.54. The highest BCUT2D eigenvalue weighted by atomic mass is 32.2. The zero-order chi connectivity index (χ0) is 21.6. The van der Waals surface area contributed by atoms with Crippen molar-refractivity contribution in [2.75, 3.05) is 13.1 Å². The fourth-order valence-corrected chi connectivity index (χ4v) is 4.41. The van der Waals surface area contributed by atoms with Crippen LogP contribution >= 0.6 is 11.8 Å². The molecule has 31 heavy (non-hydrogen) atoms. The van der Waals surface area contributed by atoms with E-state index in [9.17, 15) is 13.6 Å². The molecule has 1 amide bonds. The predicted molar refractivity (Wildman–Crippen MR) is 118 cm³/mol. The molecule has 3 nitrogen and oxygen atoms in total. The van der Waals surface area contributed by atoms with Crippen molar-refractivity contribution in [3.63, 3.8) is 0 Å². The Morgan fingerprint density at radius 1 is 0.968 bits per heavy atom. The van der Waals surface area contributed by atoms with Crippen molar-refractivity contribution >= 4 is 17.7 Å². The lowest BCUT2D eigenvalue weighted by atomic mass is 10.1. The highest BCUT2D eigenvalue weighted by Gasteiger charge is 2.25. The summed E-state index contributed by atoms with van der Waals surface area (Å²) in [4.78, 5) is 15.8. The molecule has 1 heterocycles. The Bertz CT molecular complexity index is 1020. The number of hydrogen-bond donors (Lipinski definition) is 0. The van der Waals surface area contributed by atoms with E-state index in [0.29, 0.717) is 31.5 Å². The van der Waals surface area contributed by atoms with Gasteiger partial charge in [-0.2, -0.15) is 0 Å². The van der Waals surface area contributed by atoms with Crippen molar-refractivity contribution in [2.24, 2.45) is 0 Å². The van der Waals surface area contributed by atoms with Gasteiger partial charge in [0.05, 0.1) is 0 Å². The number of halogens is 2. The Labute approximate surface area is 185 Å². The summed E-state index contributed by atoms with van der Waals surface area (Å²) in [6.45, 7) is 1.08. The molecule has 0 radical (unpaired) electrons. The molecule has 0 N–H and O–H groups in total. The molecule has 3 aromatic rings. The standard InChI is InChI=1S/C25H23F2NO2S/c26-20-10-11-24(23(27)16-20)30-21-12-14-28(15-13-21)25(29)19-8-6-18(7-9-19)17-31-22-4-2-1-3-5-22/h1-11,16,21H,12-15,17H2. The second-order valence-electron chi connectivity index (χ2n) is 7.48. The molecule has 160 valence electrons. The summed E-state index contributed by atoms with van der Waals surface area (Å²) in [6, 6.07) is 21.3. The molecular weight excluding hydrogens is 416 g/mol. The van der Waals surface area contributed by atoms with E-state index in [1.54, 1.807) is 16.7 Å². The van der Waals surface area contributed by atoms with E-state index in [1.807, 2.05) is 42.5 Å². The number of benzene rings is 3. The van der Waals surface area contributed by atoms with Gasteiger partial charge in [-0.05, 0) is 42.0 Å². The zero-order valence-corrected chi connectivity index (χ0v) is 17.8. The van der Waals surface area contributed by atoms with Gasteiger partial charge in [0.15, 0.2) is 11.6 Å². The van der Waals surface area contributed by atoms with Crippen LogP contribution in [0.15, 0.2) is 77.7 Å². The van der Waals surface area contributed by atoms with Crippen LogP contribution in [-0.4, -0.2) is 30.0 Å². The van der Waals surface area contributed by atoms with Crippen molar-refractivity contribution in [2.45, 2.75) is 29.6 Å². The van der Waals surface area contributed by atoms with E-state index >= 15 is 0 Å². The molecule has 3 aromatic carbocycles. The number of likely N-dealkylation sites (tertiary alicyclic amines) is 1. The molecule has 6 heteroatoms. The third-order valence-electron chi connectivity index (χ3n) is 5.27. The lowest BCUT2D eigenvalue weighted by Gasteiger charge is -2.32. The lowest BCUT2D eigenvalue weighted by Crippen LogP contribution is -2.41. The van der Waals surface area contributed by atoms with Gasteiger partial charge >= 0.3 is 0 Å². The summed E-state index contributed by atoms with van der Waals surface area (Å²) >= 11 is 1.76. The second kappa shape index (κ2) is 9.96. The highest BCUT2D eigenvalue weighted by Crippen LogP contribution is 2.25. The molecule has 4 rings (SSSR count). The number of nitrogens with zero attached hydrogens (tertiary/aromatic N) is 1. The number of ether oxygens (including phenoxy) is 1. The monoisotopic (exact) mass is 439 g/mol. The number of hydrogen-bond acceptors (Lipinski definition) is 3. The molecule has 1 aliphatic heterocycles. The van der Waals surface area contributed by atoms with Crippen molar-refractivity contribution in [3.05, 3.63) is 95.6 Å². The van der Waals surface area contributed by atoms with Gasteiger partial charge in [0.1, 0.15) is 11.9 Å². The highest BCUT2D eigenvalue weighted by molar-refractivity contribution is 7.98. The van der Waals surface area contributed by atoms with Gasteiger partial charge in [-0.3, -0.25) is 4.79 Å². The maximum absolute atomic E-state index is 13.8. The zero-order valence-electron chi connectivity index (χ0n) is 17.0. The van der Waals surface area contributed by atoms with Crippen LogP contribution in [0.25, 0.3) is 0 Å². The second-order valence-corrected chi connectivity index (χ2v) is 8.53. The third-order valence-corrected chi connectivity index (χ3v) is 6.35. The van der Waals surface area contributed by atoms with Crippen molar-refractivity contribution in [3.8, 4) is 5.75 Å². The first-order valence-electron chi connectivity index (χ1n) is 10.3. The van der Waals surface area contributed by atoms with Crippen LogP contribution in [0.3, 0.4) is 0 Å². The first-order valence-corrected chi connectivity index (χ1v) is 11.2. The van der Waals surface area contributed by atoms with Crippen LogP contribution in [0.1, 0.15) is 28.8 Å². The summed E-state index contributed by atoms with van der Waals surface area (Å²) in [5.41, 5.74) is 1.83. The third kappa shape index (κ3) is 5.64. The number of carbonyl (C=O) groups excluding carboxylic acids is 1. The fraction of sp³-hybridized carbons (Fsp3) is 0.240. The summed E-state index contributed by atoms with van der Waals surface area (Å²) in [6.07, 6.45) is 1.02. The summed E-state index contributed by atoms with van der Waals surface area (Å²) in [5, 5.41) is 0. The molecule has 1 aliphatic rings. The average molecular weight is 440 g/mol. The minimum atomic E-state index is -0.705. The van der Waals surface area contributed by atoms with Gasteiger partial charge in [-0.1, -0.05) is 30.3 Å². The summed E-state index contributed by atoms with van der Waals surface area (Å²) in [7, 11) is 0. The minimum Gasteiger partial charge on any atom is -0.487 e. The first-order chi connectivity index (χ1) is 15.1. The SMILES string of the molecule is O=C(c1ccc(CSc2ccccc2)cc1)N1CCC(Oc2ccc(F)cc2F)CC1. The number of rotatable bonds is 6. The van der Waals surface area contributed by atoms with Crippen LogP contribution in [-0.2, 0) is 5.75 Å². The van der Waals surface area contributed by atoms with Crippen LogP contribution in [0.4, 0.5) is 8.78 Å². The maximum atomic E-state index is 13.8. The van der Waals surface area contributed by atoms with Crippen molar-refractivity contribution in [1.29, 1.82) is 0 Å². The first kappa shape index (κ1) is 21.4. The molecule has 0 atom stereocenters. The molecule has 1 fully saturated rings. The average Bonchev–Trinajstić information content (AvgIpc) is 2.81. The Hall–Kier alpha value is -2.86. The van der Waals surface area contributed by atoms with Crippen molar-refractivity contribution in [1.82, 2.24) is 4.90 Å². The lowest BCUT2D eigenvalue weighted by molar-refractivity contribution is 0.0588. The Balaban J connectivity index is 1.28. The van der Waals surface area contributed by atoms with Gasteiger partial charge in [0, 0.05) is 48.2 Å². The van der Waals surface area contributed by atoms with E-state index in [2.05, 4.69) is 12.1 Å². The van der Waals surface area contributed by atoms with E-state index < -0.39 is 11.6 Å². The van der Waals surface area contributed by atoms with Gasteiger partial charge in [0.25, 0.3) is 5.91 Å². The summed E-state index contributed by atoms with van der Waals surface area (Å²) in [5.74, 6) is -0.441. The van der Waals surface area contributed by atoms with Crippen LogP contribution in [0, 0.1) is 11.6 Å². The summed E-state index contributed by atoms with van der Waals surface area (Å²) < 4.78 is 32.5. The molecule has 0 saturated carbocycles. The smallest absolute Gasteiger partial charge is 0.253 e. The van der Waals surface area contributed by atoms with Crippen LogP contribution < -0.4 is 4.74 Å². The number of piperidine rings is 1. The van der Waals surface area contributed by atoms with E-state index in [1.165, 1.54) is 22.6 Å². The number of amides is 1. The molecule has 0 aromatic heterocycles. The Morgan fingerprint density at radius 2 is 1.68 bits per heavy atom. The van der Waals surface area contributed by atoms with E-state index in [4.69, 9.17) is 4.74 Å². The molecule has 1 saturated heterocycles. The number of thioether (sulfide) groups is 1. The normalized spacial score (nSPS) is 14.5. The number of carbonyl (C=O) groups is 1. The van der Waals surface area contributed by atoms with Gasteiger partial charge in [0.2, 0.25) is 0 Å².